The van der Waals surface area contributed by atoms with Gasteiger partial charge < -0.3 is 0 Å². The summed E-state index contributed by atoms with van der Waals surface area (Å²) in [4.78, 5) is 58.7. The Balaban J connectivity index is 1.18. The van der Waals surface area contributed by atoms with Gasteiger partial charge in [0.2, 0.25) is 0 Å². The molecule has 0 spiro atoms. The van der Waals surface area contributed by atoms with Crippen LogP contribution in [0, 0.1) is 0 Å². The average Bonchev–Trinajstić information content (AvgIpc) is 3.13. The summed E-state index contributed by atoms with van der Waals surface area (Å²) in [5, 5.41) is 6.56. The lowest BCUT2D eigenvalue weighted by atomic mass is 9.82. The molecule has 6 nitrogen and oxygen atoms in total. The fraction of sp³-hybridized carbons (Fsp3) is 0.143. The zero-order valence-corrected chi connectivity index (χ0v) is 26.5. The second-order valence-electron chi connectivity index (χ2n) is 13.2. The van der Waals surface area contributed by atoms with Crippen LogP contribution < -0.4 is 0 Å². The number of hydrogen-bond acceptors (Lipinski definition) is 4. The number of fused-ring (bicyclic) bond motifs is 2. The second-order valence-corrected chi connectivity index (χ2v) is 13.2. The van der Waals surface area contributed by atoms with E-state index in [4.69, 9.17) is 0 Å². The summed E-state index contributed by atoms with van der Waals surface area (Å²) < 4.78 is 0. The van der Waals surface area contributed by atoms with Crippen LogP contribution in [0.2, 0.25) is 0 Å². The molecule has 2 aliphatic rings. The third kappa shape index (κ3) is 3.86. The van der Waals surface area contributed by atoms with E-state index in [-0.39, 0.29) is 48.6 Å². The van der Waals surface area contributed by atoms with E-state index < -0.39 is 0 Å². The first-order chi connectivity index (χ1) is 23.3. The van der Waals surface area contributed by atoms with E-state index in [0.29, 0.717) is 33.0 Å². The predicted octanol–water partition coefficient (Wildman–Crippen LogP) is 8.54. The molecule has 232 valence electrons. The van der Waals surface area contributed by atoms with Gasteiger partial charge in [-0.1, -0.05) is 98.8 Å². The molecule has 2 aliphatic heterocycles. The molecule has 48 heavy (non-hydrogen) atoms. The molecule has 0 saturated carbocycles. The predicted molar refractivity (Wildman–Crippen MR) is 188 cm³/mol. The van der Waals surface area contributed by atoms with E-state index in [1.165, 1.54) is 9.80 Å². The summed E-state index contributed by atoms with van der Waals surface area (Å²) in [5.41, 5.74) is 4.16. The lowest BCUT2D eigenvalue weighted by molar-refractivity contribution is 0.0587. The number of carbonyl (C=O) groups is 4. The summed E-state index contributed by atoms with van der Waals surface area (Å²) in [5.74, 6) is -1.23. The molecule has 9 rings (SSSR count). The van der Waals surface area contributed by atoms with Crippen molar-refractivity contribution in [2.24, 2.45) is 0 Å². The molecule has 0 aliphatic carbocycles. The van der Waals surface area contributed by atoms with Gasteiger partial charge >= 0.3 is 0 Å². The SMILES string of the molecule is CC(CN1C(=O)c2ccc3c4ccc5c6c(ccc(c7ccc(c2c37)C1=O)c64)C(=O)N(CC(C)c1ccccc1)C5=O)c1ccccc1. The molecule has 0 fully saturated rings. The molecule has 2 heterocycles. The maximum atomic E-state index is 14.0. The van der Waals surface area contributed by atoms with Crippen molar-refractivity contribution in [3.05, 3.63) is 143 Å². The summed E-state index contributed by atoms with van der Waals surface area (Å²) in [7, 11) is 0. The second kappa shape index (κ2) is 10.3. The lowest BCUT2D eigenvalue weighted by Gasteiger charge is -2.31. The van der Waals surface area contributed by atoms with Crippen LogP contribution >= 0.6 is 0 Å². The number of nitrogens with zero attached hydrogens (tertiary/aromatic N) is 2. The third-order valence-corrected chi connectivity index (χ3v) is 10.5. The average molecular weight is 627 g/mol. The van der Waals surface area contributed by atoms with Gasteiger partial charge in [-0.05, 0) is 79.5 Å². The quantitative estimate of drug-likeness (QED) is 0.105. The van der Waals surface area contributed by atoms with Crippen LogP contribution in [0.3, 0.4) is 0 Å². The van der Waals surface area contributed by atoms with Gasteiger partial charge in [-0.3, -0.25) is 29.0 Å². The first-order valence-electron chi connectivity index (χ1n) is 16.4. The topological polar surface area (TPSA) is 74.8 Å². The summed E-state index contributed by atoms with van der Waals surface area (Å²) in [6.45, 7) is 4.62. The Hall–Kier alpha value is -5.88. The number of hydrogen-bond donors (Lipinski definition) is 0. The van der Waals surface area contributed by atoms with Crippen LogP contribution in [0.25, 0.3) is 43.1 Å². The van der Waals surface area contributed by atoms with Crippen molar-refractivity contribution in [3.63, 3.8) is 0 Å². The number of amides is 4. The van der Waals surface area contributed by atoms with Crippen molar-refractivity contribution in [1.29, 1.82) is 0 Å². The number of carbonyl (C=O) groups excluding carboxylic acids is 4. The van der Waals surface area contributed by atoms with E-state index in [9.17, 15) is 19.2 Å². The van der Waals surface area contributed by atoms with Crippen LogP contribution in [0.5, 0.6) is 0 Å². The minimum Gasteiger partial charge on any atom is -0.274 e. The van der Waals surface area contributed by atoms with Gasteiger partial charge in [0.1, 0.15) is 0 Å². The highest BCUT2D eigenvalue weighted by Crippen LogP contribution is 2.46. The van der Waals surface area contributed by atoms with Crippen LogP contribution in [0.1, 0.15) is 78.2 Å². The third-order valence-electron chi connectivity index (χ3n) is 10.5. The molecule has 2 atom stereocenters. The molecule has 0 radical (unpaired) electrons. The summed E-state index contributed by atoms with van der Waals surface area (Å²) in [6, 6.07) is 34.9. The van der Waals surface area contributed by atoms with Crippen molar-refractivity contribution < 1.29 is 19.2 Å². The van der Waals surface area contributed by atoms with Gasteiger partial charge in [0, 0.05) is 46.1 Å². The molecule has 7 aromatic rings. The smallest absolute Gasteiger partial charge is 0.261 e. The van der Waals surface area contributed by atoms with Crippen LogP contribution in [-0.2, 0) is 0 Å². The van der Waals surface area contributed by atoms with Crippen LogP contribution in [0.15, 0.2) is 109 Å². The Kier molecular flexibility index (Phi) is 6.09. The Morgan fingerprint density at radius 3 is 0.979 bits per heavy atom. The number of rotatable bonds is 6. The zero-order chi connectivity index (χ0) is 32.8. The molecule has 2 unspecified atom stereocenters. The molecule has 7 aromatic carbocycles. The minimum atomic E-state index is -0.295. The van der Waals surface area contributed by atoms with Crippen molar-refractivity contribution in [3.8, 4) is 0 Å². The molecule has 0 saturated heterocycles. The number of benzene rings is 7. The summed E-state index contributed by atoms with van der Waals surface area (Å²) >= 11 is 0. The van der Waals surface area contributed by atoms with E-state index in [0.717, 1.165) is 43.4 Å². The van der Waals surface area contributed by atoms with E-state index in [1.54, 1.807) is 0 Å². The van der Waals surface area contributed by atoms with Crippen molar-refractivity contribution in [2.75, 3.05) is 13.1 Å². The molecular formula is C42H30N2O4. The molecule has 6 heteroatoms. The summed E-state index contributed by atoms with van der Waals surface area (Å²) in [6.07, 6.45) is 0. The zero-order valence-electron chi connectivity index (χ0n) is 26.5. The Labute approximate surface area is 276 Å². The Morgan fingerprint density at radius 1 is 0.396 bits per heavy atom. The van der Waals surface area contributed by atoms with E-state index >= 15 is 0 Å². The fourth-order valence-corrected chi connectivity index (χ4v) is 8.02. The Bertz CT molecular complexity index is 2220. The fourth-order valence-electron chi connectivity index (χ4n) is 8.02. The molecule has 0 N–H and O–H groups in total. The molecular weight excluding hydrogens is 596 g/mol. The maximum Gasteiger partial charge on any atom is 0.261 e. The highest BCUT2D eigenvalue weighted by atomic mass is 16.2. The standard InChI is InChI=1S/C42H30N2O4/c1-23(25-9-5-3-6-10-25)21-43-39(45)31-17-13-27-29-15-19-33-38-34(42(48)44(41(33)47)22-24(2)26-11-7-4-8-12-26)20-16-30(36(29)38)28-14-18-32(40(43)46)37(31)35(27)28/h3-20,23-24H,21-22H2,1-2H3. The molecule has 4 amide bonds. The van der Waals surface area contributed by atoms with E-state index in [1.807, 2.05) is 123 Å². The van der Waals surface area contributed by atoms with Gasteiger partial charge in [-0.15, -0.1) is 0 Å². The van der Waals surface area contributed by atoms with Gasteiger partial charge in [-0.25, -0.2) is 0 Å². The highest BCUT2D eigenvalue weighted by molar-refractivity contribution is 6.41. The minimum absolute atomic E-state index is 0.0251. The van der Waals surface area contributed by atoms with Crippen LogP contribution in [-0.4, -0.2) is 46.5 Å². The van der Waals surface area contributed by atoms with Gasteiger partial charge in [0.25, 0.3) is 23.6 Å². The highest BCUT2D eigenvalue weighted by Gasteiger charge is 2.37. The maximum absolute atomic E-state index is 14.0. The molecule has 0 aromatic heterocycles. The van der Waals surface area contributed by atoms with Gasteiger partial charge in [0.05, 0.1) is 0 Å². The van der Waals surface area contributed by atoms with E-state index in [2.05, 4.69) is 0 Å². The largest absolute Gasteiger partial charge is 0.274 e. The number of imide groups is 2. The van der Waals surface area contributed by atoms with Gasteiger partial charge in [0.15, 0.2) is 0 Å². The first kappa shape index (κ1) is 28.4. The van der Waals surface area contributed by atoms with Gasteiger partial charge in [-0.2, -0.15) is 0 Å². The van der Waals surface area contributed by atoms with Crippen molar-refractivity contribution >= 4 is 66.7 Å². The Morgan fingerprint density at radius 2 is 0.688 bits per heavy atom. The van der Waals surface area contributed by atoms with Crippen molar-refractivity contribution in [1.82, 2.24) is 9.80 Å². The monoisotopic (exact) mass is 626 g/mol. The molecule has 0 bridgehead atoms. The lowest BCUT2D eigenvalue weighted by Crippen LogP contribution is -2.42. The van der Waals surface area contributed by atoms with Crippen molar-refractivity contribution in [2.45, 2.75) is 25.7 Å². The first-order valence-corrected chi connectivity index (χ1v) is 16.4. The normalized spacial score (nSPS) is 15.8. The van der Waals surface area contributed by atoms with Crippen LogP contribution in [0.4, 0.5) is 0 Å².